The van der Waals surface area contributed by atoms with Gasteiger partial charge in [0.05, 0.1) is 53.0 Å². The Morgan fingerprint density at radius 1 is 1.04 bits per heavy atom. The number of anilines is 2. The highest BCUT2D eigenvalue weighted by Crippen LogP contribution is 2.42. The number of methoxy groups -OCH3 is 1. The number of aliphatic hydroxyl groups excluding tert-OH is 1. The Bertz CT molecular complexity index is 2120. The molecule has 0 amide bonds. The topological polar surface area (TPSA) is 145 Å². The zero-order chi connectivity index (χ0) is 33.4. The highest BCUT2D eigenvalue weighted by molar-refractivity contribution is 6.39. The molecule has 0 saturated carbocycles. The molecule has 14 heteroatoms. The van der Waals surface area contributed by atoms with Crippen molar-refractivity contribution < 1.29 is 14.6 Å². The second-order valence-corrected chi connectivity index (χ2v) is 12.1. The molecular formula is C33H33Cl2N7O5. The molecule has 1 aliphatic rings. The maximum Gasteiger partial charge on any atom is 0.330 e. The molecule has 6 rings (SSSR count). The van der Waals surface area contributed by atoms with Crippen molar-refractivity contribution in [3.05, 3.63) is 90.9 Å². The number of aryl methyl sites for hydroxylation is 2. The van der Waals surface area contributed by atoms with Crippen LogP contribution in [0.3, 0.4) is 0 Å². The van der Waals surface area contributed by atoms with E-state index >= 15 is 0 Å². The number of nitrogens with one attached hydrogen (secondary N) is 2. The Hall–Kier alpha value is -4.33. The van der Waals surface area contributed by atoms with Crippen LogP contribution in [0, 0.1) is 6.92 Å². The fraction of sp³-hybridized carbons (Fsp3) is 0.303. The minimum atomic E-state index is -0.598. The SMILES string of the molecule is COc1nc(-c2cccc(-c3cccc(Nc4nc(C)cc5c4c(=O)n(C)c(=O)n5C)c3Cl)c2Cl)cnc1CN[C@H]1CCOC[C@H]1O. The van der Waals surface area contributed by atoms with Gasteiger partial charge >= 0.3 is 5.69 Å². The predicted octanol–water partition coefficient (Wildman–Crippen LogP) is 4.36. The Morgan fingerprint density at radius 2 is 1.77 bits per heavy atom. The van der Waals surface area contributed by atoms with Crippen LogP contribution in [0.15, 0.2) is 58.3 Å². The van der Waals surface area contributed by atoms with Gasteiger partial charge < -0.3 is 25.2 Å². The third-order valence-corrected chi connectivity index (χ3v) is 9.07. The Morgan fingerprint density at radius 3 is 2.51 bits per heavy atom. The Labute approximate surface area is 279 Å². The van der Waals surface area contributed by atoms with Crippen molar-refractivity contribution in [3.63, 3.8) is 0 Å². The van der Waals surface area contributed by atoms with Crippen LogP contribution < -0.4 is 26.6 Å². The molecular weight excluding hydrogens is 645 g/mol. The van der Waals surface area contributed by atoms with E-state index in [9.17, 15) is 14.7 Å². The maximum atomic E-state index is 13.2. The van der Waals surface area contributed by atoms with E-state index in [0.29, 0.717) is 87.1 Å². The maximum absolute atomic E-state index is 13.2. The number of ether oxygens (including phenoxy) is 2. The Balaban J connectivity index is 1.34. The van der Waals surface area contributed by atoms with Gasteiger partial charge in [0.1, 0.15) is 16.9 Å². The normalized spacial score (nSPS) is 16.4. The minimum absolute atomic E-state index is 0.115. The average Bonchev–Trinajstić information content (AvgIpc) is 3.07. The van der Waals surface area contributed by atoms with Crippen LogP contribution in [0.1, 0.15) is 17.8 Å². The highest BCUT2D eigenvalue weighted by Gasteiger charge is 2.24. The fourth-order valence-corrected chi connectivity index (χ4v) is 6.31. The minimum Gasteiger partial charge on any atom is -0.480 e. The predicted molar refractivity (Wildman–Crippen MR) is 182 cm³/mol. The van der Waals surface area contributed by atoms with Crippen LogP contribution in [0.5, 0.6) is 5.88 Å². The van der Waals surface area contributed by atoms with Crippen molar-refractivity contribution in [2.45, 2.75) is 32.0 Å². The van der Waals surface area contributed by atoms with Gasteiger partial charge in [0.15, 0.2) is 0 Å². The first-order chi connectivity index (χ1) is 22.6. The van der Waals surface area contributed by atoms with E-state index in [0.717, 1.165) is 4.57 Å². The lowest BCUT2D eigenvalue weighted by molar-refractivity contribution is -0.0281. The number of nitrogens with zero attached hydrogens (tertiary/aromatic N) is 5. The van der Waals surface area contributed by atoms with E-state index in [2.05, 4.69) is 20.6 Å². The third-order valence-electron chi connectivity index (χ3n) is 8.26. The molecule has 3 N–H and O–H groups in total. The number of pyridine rings is 1. The zero-order valence-electron chi connectivity index (χ0n) is 26.2. The number of hydrogen-bond donors (Lipinski definition) is 3. The second-order valence-electron chi connectivity index (χ2n) is 11.3. The standard InChI is InChI=1S/C33H33Cl2N7O5/c1-17-13-25-27(32(44)42(3)33(45)41(25)2)30(38-17)39-22-10-6-8-19(29(22)35)18-7-5-9-20(28(18)34)23-14-37-24(31(40-23)46-4)15-36-21-11-12-47-16-26(21)43/h5-10,13-14,21,26,36,43H,11-12,15-16H2,1-4H3,(H,38,39)/t21-,26+/m0/s1. The van der Waals surface area contributed by atoms with Gasteiger partial charge in [-0.3, -0.25) is 18.9 Å². The van der Waals surface area contributed by atoms with Gasteiger partial charge in [0.25, 0.3) is 5.56 Å². The molecule has 1 fully saturated rings. The number of aliphatic hydroxyl groups is 1. The lowest BCUT2D eigenvalue weighted by Crippen LogP contribution is -2.46. The summed E-state index contributed by atoms with van der Waals surface area (Å²) in [7, 11) is 4.57. The van der Waals surface area contributed by atoms with E-state index in [4.69, 9.17) is 37.7 Å². The van der Waals surface area contributed by atoms with Gasteiger partial charge in [-0.25, -0.2) is 14.8 Å². The molecule has 0 bridgehead atoms. The monoisotopic (exact) mass is 677 g/mol. The van der Waals surface area contributed by atoms with Crippen molar-refractivity contribution in [1.29, 1.82) is 0 Å². The van der Waals surface area contributed by atoms with Gasteiger partial charge in [0.2, 0.25) is 5.88 Å². The van der Waals surface area contributed by atoms with Crippen LogP contribution in [0.4, 0.5) is 11.5 Å². The van der Waals surface area contributed by atoms with Crippen LogP contribution in [0.25, 0.3) is 33.3 Å². The molecule has 2 aromatic carbocycles. The summed E-state index contributed by atoms with van der Waals surface area (Å²) in [5.74, 6) is 0.613. The van der Waals surface area contributed by atoms with Gasteiger partial charge in [-0.05, 0) is 25.5 Å². The molecule has 0 radical (unpaired) electrons. The number of rotatable bonds is 8. The van der Waals surface area contributed by atoms with Gasteiger partial charge in [-0.15, -0.1) is 0 Å². The molecule has 0 aliphatic carbocycles. The molecule has 5 aromatic rings. The average molecular weight is 679 g/mol. The lowest BCUT2D eigenvalue weighted by atomic mass is 10.0. The number of halogens is 2. The molecule has 3 aromatic heterocycles. The number of benzene rings is 2. The summed E-state index contributed by atoms with van der Waals surface area (Å²) in [6.07, 6.45) is 1.72. The first-order valence-corrected chi connectivity index (χ1v) is 15.7. The first-order valence-electron chi connectivity index (χ1n) is 14.9. The van der Waals surface area contributed by atoms with E-state index in [1.54, 1.807) is 32.3 Å². The number of aromatic nitrogens is 5. The van der Waals surface area contributed by atoms with E-state index in [-0.39, 0.29) is 17.2 Å². The summed E-state index contributed by atoms with van der Waals surface area (Å²) in [4.78, 5) is 39.6. The largest absolute Gasteiger partial charge is 0.480 e. The van der Waals surface area contributed by atoms with Crippen molar-refractivity contribution in [3.8, 4) is 28.3 Å². The number of fused-ring (bicyclic) bond motifs is 1. The van der Waals surface area contributed by atoms with Crippen LogP contribution in [-0.4, -0.2) is 61.7 Å². The lowest BCUT2D eigenvalue weighted by Gasteiger charge is -2.28. The summed E-state index contributed by atoms with van der Waals surface area (Å²) in [5.41, 5.74) is 3.67. The molecule has 0 spiro atoms. The fourth-order valence-electron chi connectivity index (χ4n) is 5.71. The van der Waals surface area contributed by atoms with Gasteiger partial charge in [0, 0.05) is 55.7 Å². The second kappa shape index (κ2) is 13.4. The molecule has 12 nitrogen and oxygen atoms in total. The summed E-state index contributed by atoms with van der Waals surface area (Å²) >= 11 is 14.0. The molecule has 0 unspecified atom stereocenters. The van der Waals surface area contributed by atoms with E-state index in [1.165, 1.54) is 18.7 Å². The van der Waals surface area contributed by atoms with Crippen LogP contribution in [-0.2, 0) is 25.4 Å². The molecule has 244 valence electrons. The summed E-state index contributed by atoms with van der Waals surface area (Å²) in [6, 6.07) is 12.6. The van der Waals surface area contributed by atoms with Crippen molar-refractivity contribution in [2.75, 3.05) is 25.6 Å². The summed E-state index contributed by atoms with van der Waals surface area (Å²) in [6.45, 7) is 3.01. The number of hydrogen-bond acceptors (Lipinski definition) is 10. The first kappa shape index (κ1) is 32.6. The molecule has 4 heterocycles. The van der Waals surface area contributed by atoms with Gasteiger partial charge in [-0.1, -0.05) is 53.5 Å². The molecule has 47 heavy (non-hydrogen) atoms. The van der Waals surface area contributed by atoms with Crippen molar-refractivity contribution in [1.82, 2.24) is 29.4 Å². The quantitative estimate of drug-likeness (QED) is 0.217. The third kappa shape index (κ3) is 6.22. The van der Waals surface area contributed by atoms with Crippen LogP contribution >= 0.6 is 23.2 Å². The van der Waals surface area contributed by atoms with Crippen molar-refractivity contribution in [2.24, 2.45) is 14.1 Å². The Kier molecular flexibility index (Phi) is 9.31. The molecule has 2 atom stereocenters. The van der Waals surface area contributed by atoms with Crippen LogP contribution in [0.2, 0.25) is 10.0 Å². The molecule has 1 saturated heterocycles. The van der Waals surface area contributed by atoms with E-state index < -0.39 is 17.4 Å². The summed E-state index contributed by atoms with van der Waals surface area (Å²) in [5, 5.41) is 17.8. The summed E-state index contributed by atoms with van der Waals surface area (Å²) < 4.78 is 13.3. The highest BCUT2D eigenvalue weighted by atomic mass is 35.5. The van der Waals surface area contributed by atoms with E-state index in [1.807, 2.05) is 30.3 Å². The smallest absolute Gasteiger partial charge is 0.330 e. The zero-order valence-corrected chi connectivity index (χ0v) is 27.7. The van der Waals surface area contributed by atoms with Gasteiger partial charge in [-0.2, -0.15) is 0 Å². The van der Waals surface area contributed by atoms with Crippen molar-refractivity contribution >= 4 is 45.6 Å². The molecule has 1 aliphatic heterocycles.